The van der Waals surface area contributed by atoms with E-state index in [9.17, 15) is 0 Å². The van der Waals surface area contributed by atoms with Crippen LogP contribution in [0.4, 0.5) is 0 Å². The summed E-state index contributed by atoms with van der Waals surface area (Å²) in [5, 5.41) is 8.46. The largest absolute Gasteiger partial charge is 0.309 e. The van der Waals surface area contributed by atoms with Crippen LogP contribution in [0.2, 0.25) is 10.0 Å². The summed E-state index contributed by atoms with van der Waals surface area (Å²) in [6.07, 6.45) is 0. The van der Waals surface area contributed by atoms with Crippen molar-refractivity contribution in [1.82, 2.24) is 23.9 Å². The third-order valence-electron chi connectivity index (χ3n) is 9.29. The fourth-order valence-electron chi connectivity index (χ4n) is 7.18. The molecule has 6 aromatic carbocycles. The highest BCUT2D eigenvalue weighted by atomic mass is 35.5. The van der Waals surface area contributed by atoms with Gasteiger partial charge in [-0.15, -0.1) is 0 Å². The second-order valence-corrected chi connectivity index (χ2v) is 12.8. The minimum Gasteiger partial charge on any atom is -0.309 e. The molecule has 226 valence electrons. The molecular formula is C41H23Cl2N5. The maximum atomic E-state index is 6.25. The molecule has 0 aliphatic heterocycles. The monoisotopic (exact) mass is 655 g/mol. The van der Waals surface area contributed by atoms with Gasteiger partial charge >= 0.3 is 0 Å². The van der Waals surface area contributed by atoms with E-state index in [1.165, 1.54) is 32.6 Å². The Labute approximate surface area is 284 Å². The first-order valence-corrected chi connectivity index (χ1v) is 16.4. The number of hydrogen-bond acceptors (Lipinski definition) is 3. The van der Waals surface area contributed by atoms with E-state index >= 15 is 0 Å². The lowest BCUT2D eigenvalue weighted by Gasteiger charge is -2.11. The predicted octanol–water partition coefficient (Wildman–Crippen LogP) is 11.3. The molecule has 7 heteroatoms. The lowest BCUT2D eigenvalue weighted by molar-refractivity contribution is 0.953. The van der Waals surface area contributed by atoms with Crippen molar-refractivity contribution in [2.45, 2.75) is 0 Å². The second-order valence-electron chi connectivity index (χ2n) is 12.0. The van der Waals surface area contributed by atoms with Crippen molar-refractivity contribution in [2.75, 3.05) is 0 Å². The summed E-state index contributed by atoms with van der Waals surface area (Å²) in [5.74, 6) is 1.65. The summed E-state index contributed by atoms with van der Waals surface area (Å²) in [6.45, 7) is 0. The average molecular weight is 657 g/mol. The molecule has 0 bridgehead atoms. The number of nitrogens with zero attached hydrogens (tertiary/aromatic N) is 5. The van der Waals surface area contributed by atoms with Crippen LogP contribution in [0.3, 0.4) is 0 Å². The Bertz CT molecular complexity index is 2840. The Hall–Kier alpha value is -5.75. The van der Waals surface area contributed by atoms with Crippen molar-refractivity contribution in [3.8, 4) is 28.7 Å². The quantitative estimate of drug-likeness (QED) is 0.178. The highest BCUT2D eigenvalue weighted by Gasteiger charge is 2.21. The number of hydrogen-bond donors (Lipinski definition) is 0. The molecule has 0 N–H and O–H groups in total. The Kier molecular flexibility index (Phi) is 5.92. The standard InChI is InChI=1S/C41H23Cl2N5/c42-26-17-13-24(14-18-26)39-44-40(25-15-19-27(43)20-16-25)46-41(45-39)48-34-12-6-4-10-31(34)38-32-23-37-30-9-2-1-7-28(30)29-8-3-5-11-33(29)47(37)35(32)21-22-36(38)48/h1-23H. The Morgan fingerprint density at radius 2 is 0.896 bits per heavy atom. The Morgan fingerprint density at radius 1 is 0.396 bits per heavy atom. The van der Waals surface area contributed by atoms with Crippen LogP contribution >= 0.6 is 23.2 Å². The smallest absolute Gasteiger partial charge is 0.238 e. The van der Waals surface area contributed by atoms with E-state index in [0.717, 1.165) is 38.4 Å². The second kappa shape index (κ2) is 10.4. The van der Waals surface area contributed by atoms with Crippen LogP contribution < -0.4 is 0 Å². The number of rotatable bonds is 3. The molecule has 0 atom stereocenters. The molecule has 0 amide bonds. The van der Waals surface area contributed by atoms with E-state index < -0.39 is 0 Å². The van der Waals surface area contributed by atoms with Gasteiger partial charge < -0.3 is 4.40 Å². The normalized spacial score (nSPS) is 12.0. The number of halogens is 2. The SMILES string of the molecule is Clc1ccc(-c2nc(-c3ccc(Cl)cc3)nc(-n3c4ccccc4c4c5cc6c7ccccc7c7ccccc7n6c5ccc43)n2)cc1. The predicted molar refractivity (Wildman–Crippen MR) is 199 cm³/mol. The van der Waals surface area contributed by atoms with Crippen LogP contribution in [-0.2, 0) is 0 Å². The van der Waals surface area contributed by atoms with Crippen LogP contribution in [0.15, 0.2) is 140 Å². The molecular weight excluding hydrogens is 633 g/mol. The number of fused-ring (bicyclic) bond motifs is 12. The van der Waals surface area contributed by atoms with Crippen LogP contribution in [0.5, 0.6) is 0 Å². The maximum Gasteiger partial charge on any atom is 0.238 e. The van der Waals surface area contributed by atoms with Gasteiger partial charge in [-0.3, -0.25) is 4.57 Å². The van der Waals surface area contributed by atoms with Crippen LogP contribution in [0.1, 0.15) is 0 Å². The van der Waals surface area contributed by atoms with Gasteiger partial charge in [0.2, 0.25) is 5.95 Å². The zero-order chi connectivity index (χ0) is 31.9. The summed E-state index contributed by atoms with van der Waals surface area (Å²) >= 11 is 12.5. The molecule has 0 spiro atoms. The van der Waals surface area contributed by atoms with Crippen molar-refractivity contribution < 1.29 is 0 Å². The van der Waals surface area contributed by atoms with Gasteiger partial charge in [-0.05, 0) is 84.2 Å². The summed E-state index contributed by atoms with van der Waals surface area (Å²) in [5.41, 5.74) is 7.24. The zero-order valence-corrected chi connectivity index (χ0v) is 26.8. The average Bonchev–Trinajstić information content (AvgIpc) is 3.69. The van der Waals surface area contributed by atoms with Gasteiger partial charge in [0.1, 0.15) is 0 Å². The van der Waals surface area contributed by atoms with Crippen LogP contribution in [0, 0.1) is 0 Å². The number of aromatic nitrogens is 5. The third kappa shape index (κ3) is 4.02. The third-order valence-corrected chi connectivity index (χ3v) is 9.79. The van der Waals surface area contributed by atoms with Crippen LogP contribution in [0.25, 0.3) is 88.6 Å². The minimum absolute atomic E-state index is 0.533. The van der Waals surface area contributed by atoms with Gasteiger partial charge in [-0.2, -0.15) is 9.97 Å². The van der Waals surface area contributed by atoms with Crippen LogP contribution in [-0.4, -0.2) is 23.9 Å². The van der Waals surface area contributed by atoms with E-state index in [4.69, 9.17) is 38.2 Å². The maximum absolute atomic E-state index is 6.25. The van der Waals surface area contributed by atoms with E-state index in [0.29, 0.717) is 27.6 Å². The van der Waals surface area contributed by atoms with Gasteiger partial charge in [0.25, 0.3) is 0 Å². The van der Waals surface area contributed by atoms with Crippen molar-refractivity contribution in [3.63, 3.8) is 0 Å². The van der Waals surface area contributed by atoms with Gasteiger partial charge in [0, 0.05) is 48.1 Å². The Morgan fingerprint density at radius 3 is 1.54 bits per heavy atom. The molecule has 4 heterocycles. The molecule has 5 nitrogen and oxygen atoms in total. The first-order valence-electron chi connectivity index (χ1n) is 15.7. The summed E-state index contributed by atoms with van der Waals surface area (Å²) < 4.78 is 4.56. The molecule has 0 aliphatic rings. The first-order chi connectivity index (χ1) is 23.6. The van der Waals surface area contributed by atoms with E-state index in [-0.39, 0.29) is 0 Å². The number of benzene rings is 6. The molecule has 0 radical (unpaired) electrons. The first kappa shape index (κ1) is 27.4. The van der Waals surface area contributed by atoms with Crippen molar-refractivity contribution in [3.05, 3.63) is 150 Å². The fraction of sp³-hybridized carbons (Fsp3) is 0. The highest BCUT2D eigenvalue weighted by molar-refractivity contribution is 6.31. The molecule has 0 unspecified atom stereocenters. The molecule has 0 fully saturated rings. The zero-order valence-electron chi connectivity index (χ0n) is 25.3. The van der Waals surface area contributed by atoms with E-state index in [1.54, 1.807) is 0 Å². The van der Waals surface area contributed by atoms with E-state index in [2.05, 4.69) is 100.0 Å². The Balaban J connectivity index is 1.32. The van der Waals surface area contributed by atoms with Gasteiger partial charge in [-0.1, -0.05) is 83.9 Å². The minimum atomic E-state index is 0.533. The lowest BCUT2D eigenvalue weighted by Crippen LogP contribution is -2.06. The summed E-state index contributed by atoms with van der Waals surface area (Å²) in [6, 6.07) is 47.7. The molecule has 0 saturated heterocycles. The molecule has 0 saturated carbocycles. The van der Waals surface area contributed by atoms with Gasteiger partial charge in [-0.25, -0.2) is 4.98 Å². The molecule has 10 rings (SSSR count). The van der Waals surface area contributed by atoms with Gasteiger partial charge in [0.15, 0.2) is 11.6 Å². The van der Waals surface area contributed by atoms with Crippen molar-refractivity contribution >= 4 is 83.1 Å². The summed E-state index contributed by atoms with van der Waals surface area (Å²) in [7, 11) is 0. The topological polar surface area (TPSA) is 48.0 Å². The molecule has 0 aliphatic carbocycles. The number of para-hydroxylation sites is 2. The molecule has 10 aromatic rings. The summed E-state index contributed by atoms with van der Waals surface area (Å²) in [4.78, 5) is 15.1. The number of pyridine rings is 1. The highest BCUT2D eigenvalue weighted by Crippen LogP contribution is 2.41. The van der Waals surface area contributed by atoms with Gasteiger partial charge in [0.05, 0.1) is 27.6 Å². The van der Waals surface area contributed by atoms with Crippen molar-refractivity contribution in [2.24, 2.45) is 0 Å². The fourth-order valence-corrected chi connectivity index (χ4v) is 7.43. The molecule has 4 aromatic heterocycles. The molecule has 48 heavy (non-hydrogen) atoms. The van der Waals surface area contributed by atoms with Crippen molar-refractivity contribution in [1.29, 1.82) is 0 Å². The van der Waals surface area contributed by atoms with E-state index in [1.807, 2.05) is 48.5 Å². The lowest BCUT2D eigenvalue weighted by atomic mass is 10.0.